The molecule has 0 aliphatic heterocycles. The Morgan fingerprint density at radius 2 is 1.96 bits per heavy atom. The predicted molar refractivity (Wildman–Crippen MR) is 105 cm³/mol. The van der Waals surface area contributed by atoms with Gasteiger partial charge in [-0.2, -0.15) is 4.98 Å². The summed E-state index contributed by atoms with van der Waals surface area (Å²) in [5.41, 5.74) is 0.989. The fourth-order valence-electron chi connectivity index (χ4n) is 2.31. The molecular weight excluding hydrogens is 404 g/mol. The maximum absolute atomic E-state index is 12.2. The molecule has 25 heavy (non-hydrogen) atoms. The summed E-state index contributed by atoms with van der Waals surface area (Å²) in [5.74, 6) is 0.606. The molecule has 2 N–H and O–H groups in total. The zero-order valence-electron chi connectivity index (χ0n) is 14.5. The van der Waals surface area contributed by atoms with Crippen LogP contribution in [0.15, 0.2) is 41.0 Å². The van der Waals surface area contributed by atoms with Gasteiger partial charge < -0.3 is 10.6 Å². The second-order valence-electron chi connectivity index (χ2n) is 6.98. The number of nitrogens with zero attached hydrogens (tertiary/aromatic N) is 2. The van der Waals surface area contributed by atoms with E-state index in [1.807, 2.05) is 51.1 Å². The molecule has 2 rings (SSSR count). The molecule has 0 saturated heterocycles. The molecule has 134 valence electrons. The van der Waals surface area contributed by atoms with Gasteiger partial charge in [0.25, 0.3) is 0 Å². The molecule has 1 heterocycles. The number of rotatable bonds is 6. The number of halogens is 2. The molecule has 0 spiro atoms. The minimum atomic E-state index is -0.146. The van der Waals surface area contributed by atoms with Crippen LogP contribution in [0.3, 0.4) is 0 Å². The van der Waals surface area contributed by atoms with E-state index in [1.165, 1.54) is 0 Å². The van der Waals surface area contributed by atoms with E-state index in [2.05, 4.69) is 36.5 Å². The molecule has 1 amide bonds. The topological polar surface area (TPSA) is 66.9 Å². The SMILES string of the molecule is CC(C)(C)CC(=O)NC[C@@H](Nc1nc(Cl)ncc1Br)c1ccccc1. The molecule has 5 nitrogen and oxygen atoms in total. The standard InChI is InChI=1S/C18H22BrClN4O/c1-18(2,3)9-15(25)21-11-14(12-7-5-4-6-8-12)23-16-13(19)10-22-17(20)24-16/h4-8,10,14H,9,11H2,1-3H3,(H,21,25)(H,22,23,24)/t14-/m1/s1. The van der Waals surface area contributed by atoms with Gasteiger partial charge in [0.05, 0.1) is 10.5 Å². The van der Waals surface area contributed by atoms with E-state index < -0.39 is 0 Å². The van der Waals surface area contributed by atoms with Gasteiger partial charge in [0.15, 0.2) is 0 Å². The van der Waals surface area contributed by atoms with Gasteiger partial charge in [-0.15, -0.1) is 0 Å². The third-order valence-corrected chi connectivity index (χ3v) is 4.18. The summed E-state index contributed by atoms with van der Waals surface area (Å²) in [6.45, 7) is 6.56. The Labute approximate surface area is 161 Å². The Morgan fingerprint density at radius 1 is 1.28 bits per heavy atom. The Morgan fingerprint density at radius 3 is 2.60 bits per heavy atom. The number of amides is 1. The largest absolute Gasteiger partial charge is 0.360 e. The van der Waals surface area contributed by atoms with Gasteiger partial charge in [0.1, 0.15) is 5.82 Å². The predicted octanol–water partition coefficient (Wildman–Crippen LogP) is 4.60. The van der Waals surface area contributed by atoms with Crippen LogP contribution in [0.5, 0.6) is 0 Å². The summed E-state index contributed by atoms with van der Waals surface area (Å²) in [4.78, 5) is 20.3. The molecule has 0 saturated carbocycles. The van der Waals surface area contributed by atoms with Crippen molar-refractivity contribution in [1.82, 2.24) is 15.3 Å². The molecule has 0 bridgehead atoms. The van der Waals surface area contributed by atoms with E-state index in [0.29, 0.717) is 23.3 Å². The van der Waals surface area contributed by atoms with Crippen LogP contribution in [0.25, 0.3) is 0 Å². The first-order valence-corrected chi connectivity index (χ1v) is 9.18. The van der Waals surface area contributed by atoms with Crippen LogP contribution >= 0.6 is 27.5 Å². The summed E-state index contributed by atoms with van der Waals surface area (Å²) < 4.78 is 0.707. The number of carbonyl (C=O) groups excluding carboxylic acids is 1. The van der Waals surface area contributed by atoms with E-state index >= 15 is 0 Å². The van der Waals surface area contributed by atoms with Crippen molar-refractivity contribution in [3.63, 3.8) is 0 Å². The average Bonchev–Trinajstić information content (AvgIpc) is 2.53. The lowest BCUT2D eigenvalue weighted by molar-refractivity contribution is -0.122. The van der Waals surface area contributed by atoms with Gasteiger partial charge in [-0.25, -0.2) is 4.98 Å². The highest BCUT2D eigenvalue weighted by Crippen LogP contribution is 2.25. The lowest BCUT2D eigenvalue weighted by Crippen LogP contribution is -2.33. The van der Waals surface area contributed by atoms with Crippen LogP contribution in [0, 0.1) is 5.41 Å². The number of nitrogens with one attached hydrogen (secondary N) is 2. The zero-order chi connectivity index (χ0) is 18.4. The van der Waals surface area contributed by atoms with Crippen molar-refractivity contribution in [2.75, 3.05) is 11.9 Å². The van der Waals surface area contributed by atoms with Gasteiger partial charge in [0.2, 0.25) is 11.2 Å². The van der Waals surface area contributed by atoms with E-state index in [4.69, 9.17) is 11.6 Å². The second-order valence-corrected chi connectivity index (χ2v) is 8.18. The molecule has 0 fully saturated rings. The van der Waals surface area contributed by atoms with Crippen molar-refractivity contribution in [3.05, 3.63) is 51.8 Å². The van der Waals surface area contributed by atoms with Crippen molar-refractivity contribution < 1.29 is 4.79 Å². The second kappa shape index (κ2) is 8.63. The summed E-state index contributed by atoms with van der Waals surface area (Å²) >= 11 is 9.31. The fraction of sp³-hybridized carbons (Fsp3) is 0.389. The van der Waals surface area contributed by atoms with Gasteiger partial charge in [-0.1, -0.05) is 51.1 Å². The molecule has 0 aliphatic carbocycles. The molecule has 1 atom stereocenters. The summed E-state index contributed by atoms with van der Waals surface area (Å²) in [5, 5.41) is 6.49. The molecule has 2 aromatic rings. The van der Waals surface area contributed by atoms with Crippen molar-refractivity contribution in [3.8, 4) is 0 Å². The maximum Gasteiger partial charge on any atom is 0.224 e. The van der Waals surface area contributed by atoms with Crippen LogP contribution in [-0.2, 0) is 4.79 Å². The Bertz CT molecular complexity index is 719. The van der Waals surface area contributed by atoms with E-state index in [-0.39, 0.29) is 22.6 Å². The summed E-state index contributed by atoms with van der Waals surface area (Å²) in [7, 11) is 0. The number of hydrogen-bond donors (Lipinski definition) is 2. The van der Waals surface area contributed by atoms with Gasteiger partial charge in [-0.3, -0.25) is 4.79 Å². The number of aromatic nitrogens is 2. The third-order valence-electron chi connectivity index (χ3n) is 3.42. The molecule has 7 heteroatoms. The molecule has 1 aromatic carbocycles. The van der Waals surface area contributed by atoms with Gasteiger partial charge in [-0.05, 0) is 38.5 Å². The van der Waals surface area contributed by atoms with E-state index in [1.54, 1.807) is 6.20 Å². The van der Waals surface area contributed by atoms with Crippen LogP contribution in [-0.4, -0.2) is 22.4 Å². The molecular formula is C18H22BrClN4O. The first-order chi connectivity index (χ1) is 11.7. The lowest BCUT2D eigenvalue weighted by atomic mass is 9.92. The van der Waals surface area contributed by atoms with E-state index in [9.17, 15) is 4.79 Å². The highest BCUT2D eigenvalue weighted by molar-refractivity contribution is 9.10. The number of benzene rings is 1. The highest BCUT2D eigenvalue weighted by atomic mass is 79.9. The monoisotopic (exact) mass is 424 g/mol. The Kier molecular flexibility index (Phi) is 6.79. The highest BCUT2D eigenvalue weighted by Gasteiger charge is 2.19. The fourth-order valence-corrected chi connectivity index (χ4v) is 2.75. The van der Waals surface area contributed by atoms with Crippen molar-refractivity contribution in [2.45, 2.75) is 33.2 Å². The van der Waals surface area contributed by atoms with Crippen LogP contribution in [0.2, 0.25) is 5.28 Å². The molecule has 1 aromatic heterocycles. The van der Waals surface area contributed by atoms with Crippen molar-refractivity contribution >= 4 is 39.3 Å². The normalized spacial score (nSPS) is 12.5. The zero-order valence-corrected chi connectivity index (χ0v) is 16.9. The molecule has 0 aliphatic rings. The smallest absolute Gasteiger partial charge is 0.224 e. The van der Waals surface area contributed by atoms with Crippen LogP contribution < -0.4 is 10.6 Å². The first kappa shape index (κ1) is 19.7. The number of hydrogen-bond acceptors (Lipinski definition) is 4. The first-order valence-electron chi connectivity index (χ1n) is 8.01. The Balaban J connectivity index is 2.14. The number of carbonyl (C=O) groups is 1. The lowest BCUT2D eigenvalue weighted by Gasteiger charge is -2.23. The van der Waals surface area contributed by atoms with Crippen molar-refractivity contribution in [1.29, 1.82) is 0 Å². The van der Waals surface area contributed by atoms with Crippen LogP contribution in [0.1, 0.15) is 38.8 Å². The quantitative estimate of drug-likeness (QED) is 0.664. The van der Waals surface area contributed by atoms with Gasteiger partial charge in [0, 0.05) is 19.2 Å². The average molecular weight is 426 g/mol. The van der Waals surface area contributed by atoms with Crippen LogP contribution in [0.4, 0.5) is 5.82 Å². The third kappa shape index (κ3) is 6.63. The van der Waals surface area contributed by atoms with Crippen molar-refractivity contribution in [2.24, 2.45) is 5.41 Å². The molecule has 0 unspecified atom stereocenters. The summed E-state index contributed by atoms with van der Waals surface area (Å²) in [6.07, 6.45) is 2.06. The molecule has 0 radical (unpaired) electrons. The van der Waals surface area contributed by atoms with E-state index in [0.717, 1.165) is 5.56 Å². The minimum absolute atomic E-state index is 0.0232. The minimum Gasteiger partial charge on any atom is -0.360 e. The maximum atomic E-state index is 12.2. The Hall–Kier alpha value is -1.66. The van der Waals surface area contributed by atoms with Gasteiger partial charge >= 0.3 is 0 Å². The number of anilines is 1. The summed E-state index contributed by atoms with van der Waals surface area (Å²) in [6, 6.07) is 9.74.